The first-order valence-corrected chi connectivity index (χ1v) is 6.25. The van der Waals surface area contributed by atoms with Crippen LogP contribution in [-0.2, 0) is 10.3 Å². The SMILES string of the molecule is CC(CCl)C(Cl)N(CCl)S(=O)(=O)O. The first kappa shape index (κ1) is 13.7. The van der Waals surface area contributed by atoms with Gasteiger partial charge in [-0.3, -0.25) is 4.55 Å². The standard InChI is InChI=1S/C5H10Cl3NO3S/c1-4(2-6)5(8)9(3-7)13(10,11)12/h4-5H,2-3H2,1H3,(H,10,11,12). The summed E-state index contributed by atoms with van der Waals surface area (Å²) in [6, 6.07) is -0.409. The Bertz CT molecular complexity index is 245. The van der Waals surface area contributed by atoms with Crippen LogP contribution in [0.3, 0.4) is 0 Å². The largest absolute Gasteiger partial charge is 0.338 e. The topological polar surface area (TPSA) is 57.6 Å². The predicted octanol–water partition coefficient (Wildman–Crippen LogP) is 1.73. The molecule has 8 heteroatoms. The van der Waals surface area contributed by atoms with E-state index >= 15 is 0 Å². The third kappa shape index (κ3) is 4.18. The maximum atomic E-state index is 10.7. The zero-order valence-electron chi connectivity index (χ0n) is 6.82. The van der Waals surface area contributed by atoms with E-state index in [2.05, 4.69) is 0 Å². The van der Waals surface area contributed by atoms with Crippen LogP contribution >= 0.6 is 34.8 Å². The molecule has 13 heavy (non-hydrogen) atoms. The van der Waals surface area contributed by atoms with Crippen molar-refractivity contribution in [3.05, 3.63) is 0 Å². The number of hydrogen-bond acceptors (Lipinski definition) is 2. The van der Waals surface area contributed by atoms with Gasteiger partial charge >= 0.3 is 10.3 Å². The van der Waals surface area contributed by atoms with Crippen molar-refractivity contribution >= 4 is 45.1 Å². The van der Waals surface area contributed by atoms with E-state index in [-0.39, 0.29) is 11.8 Å². The molecule has 0 saturated heterocycles. The molecule has 0 aliphatic rings. The van der Waals surface area contributed by atoms with Crippen LogP contribution in [0, 0.1) is 5.92 Å². The molecule has 0 radical (unpaired) electrons. The van der Waals surface area contributed by atoms with Gasteiger partial charge in [0.1, 0.15) is 5.50 Å². The first-order valence-electron chi connectivity index (χ1n) is 3.34. The van der Waals surface area contributed by atoms with Crippen LogP contribution in [0.25, 0.3) is 0 Å². The Morgan fingerprint density at radius 1 is 1.46 bits per heavy atom. The van der Waals surface area contributed by atoms with E-state index in [1.54, 1.807) is 6.92 Å². The fourth-order valence-corrected chi connectivity index (χ4v) is 2.51. The maximum Gasteiger partial charge on any atom is 0.338 e. The molecule has 0 aliphatic carbocycles. The average Bonchev–Trinajstić information content (AvgIpc) is 2.01. The summed E-state index contributed by atoms with van der Waals surface area (Å²) in [5.74, 6) is -0.124. The summed E-state index contributed by atoms with van der Waals surface area (Å²) in [4.78, 5) is 0. The molecule has 4 nitrogen and oxygen atoms in total. The molecular formula is C5H10Cl3NO3S. The van der Waals surface area contributed by atoms with Crippen molar-refractivity contribution in [2.24, 2.45) is 5.92 Å². The summed E-state index contributed by atoms with van der Waals surface area (Å²) < 4.78 is 30.6. The van der Waals surface area contributed by atoms with Gasteiger partial charge in [0.2, 0.25) is 0 Å². The van der Waals surface area contributed by atoms with Gasteiger partial charge < -0.3 is 0 Å². The summed E-state index contributed by atoms with van der Waals surface area (Å²) in [6.45, 7) is 1.65. The van der Waals surface area contributed by atoms with Crippen LogP contribution in [0.1, 0.15) is 6.92 Å². The molecule has 0 aliphatic heterocycles. The fourth-order valence-electron chi connectivity index (χ4n) is 0.612. The van der Waals surface area contributed by atoms with Crippen LogP contribution in [0.2, 0.25) is 0 Å². The van der Waals surface area contributed by atoms with E-state index in [0.29, 0.717) is 4.31 Å². The van der Waals surface area contributed by atoms with Crippen LogP contribution in [0.4, 0.5) is 0 Å². The monoisotopic (exact) mass is 269 g/mol. The highest BCUT2D eigenvalue weighted by molar-refractivity contribution is 7.83. The third-order valence-electron chi connectivity index (χ3n) is 1.40. The van der Waals surface area contributed by atoms with Crippen molar-refractivity contribution in [1.82, 2.24) is 4.31 Å². The summed E-state index contributed by atoms with van der Waals surface area (Å²) in [5, 5.41) is 0. The third-order valence-corrected chi connectivity index (χ3v) is 4.02. The molecule has 0 bridgehead atoms. The molecule has 0 spiro atoms. The van der Waals surface area contributed by atoms with Crippen LogP contribution in [-0.4, -0.2) is 34.7 Å². The zero-order valence-corrected chi connectivity index (χ0v) is 9.91. The van der Waals surface area contributed by atoms with Crippen molar-refractivity contribution in [2.45, 2.75) is 12.4 Å². The molecule has 0 heterocycles. The summed E-state index contributed by atoms with van der Waals surface area (Å²) in [5.41, 5.74) is -0.940. The second-order valence-electron chi connectivity index (χ2n) is 2.49. The van der Waals surface area contributed by atoms with Crippen molar-refractivity contribution in [2.75, 3.05) is 11.9 Å². The van der Waals surface area contributed by atoms with E-state index < -0.39 is 21.8 Å². The lowest BCUT2D eigenvalue weighted by Crippen LogP contribution is -2.39. The molecule has 0 aromatic carbocycles. The Hall–Kier alpha value is 0.740. The molecule has 2 unspecified atom stereocenters. The van der Waals surface area contributed by atoms with E-state index in [9.17, 15) is 8.42 Å². The predicted molar refractivity (Wildman–Crippen MR) is 53.6 cm³/mol. The molecule has 2 atom stereocenters. The minimum atomic E-state index is -4.36. The Morgan fingerprint density at radius 3 is 2.15 bits per heavy atom. The van der Waals surface area contributed by atoms with Crippen molar-refractivity contribution < 1.29 is 13.0 Å². The fraction of sp³-hybridized carbons (Fsp3) is 1.00. The first-order chi connectivity index (χ1) is 5.84. The highest BCUT2D eigenvalue weighted by Crippen LogP contribution is 2.19. The Morgan fingerprint density at radius 2 is 1.92 bits per heavy atom. The second-order valence-corrected chi connectivity index (χ2v) is 4.85. The van der Waals surface area contributed by atoms with Gasteiger partial charge in [0, 0.05) is 11.8 Å². The van der Waals surface area contributed by atoms with Gasteiger partial charge in [0.15, 0.2) is 0 Å². The van der Waals surface area contributed by atoms with E-state index in [1.807, 2.05) is 0 Å². The Kier molecular flexibility index (Phi) is 5.90. The maximum absolute atomic E-state index is 10.7. The molecule has 80 valence electrons. The van der Waals surface area contributed by atoms with Gasteiger partial charge in [0.05, 0.1) is 6.00 Å². The Balaban J connectivity index is 4.60. The molecule has 0 aromatic rings. The molecule has 0 rings (SSSR count). The van der Waals surface area contributed by atoms with Crippen LogP contribution in [0.5, 0.6) is 0 Å². The van der Waals surface area contributed by atoms with Gasteiger partial charge in [-0.25, -0.2) is 0 Å². The Labute approximate surface area is 92.6 Å². The summed E-state index contributed by atoms with van der Waals surface area (Å²) >= 11 is 16.5. The molecule has 1 N–H and O–H groups in total. The highest BCUT2D eigenvalue weighted by atomic mass is 35.5. The second kappa shape index (κ2) is 5.58. The summed E-state index contributed by atoms with van der Waals surface area (Å²) in [6.07, 6.45) is 0. The van der Waals surface area contributed by atoms with Crippen LogP contribution in [0.15, 0.2) is 0 Å². The normalized spacial score (nSPS) is 17.4. The smallest absolute Gasteiger partial charge is 0.273 e. The minimum absolute atomic E-state index is 0.178. The molecule has 0 fully saturated rings. The lowest BCUT2D eigenvalue weighted by Gasteiger charge is -2.24. The lowest BCUT2D eigenvalue weighted by atomic mass is 10.2. The van der Waals surface area contributed by atoms with E-state index in [1.165, 1.54) is 0 Å². The van der Waals surface area contributed by atoms with Gasteiger partial charge in [-0.05, 0) is 0 Å². The number of nitrogens with zero attached hydrogens (tertiary/aromatic N) is 1. The van der Waals surface area contributed by atoms with Crippen molar-refractivity contribution in [1.29, 1.82) is 0 Å². The number of halogens is 3. The molecule has 0 saturated carbocycles. The van der Waals surface area contributed by atoms with Crippen LogP contribution < -0.4 is 0 Å². The van der Waals surface area contributed by atoms with Gasteiger partial charge in [-0.1, -0.05) is 6.92 Å². The lowest BCUT2D eigenvalue weighted by molar-refractivity contribution is 0.326. The molecular weight excluding hydrogens is 260 g/mol. The summed E-state index contributed by atoms with van der Waals surface area (Å²) in [7, 11) is -4.36. The molecule has 0 aromatic heterocycles. The average molecular weight is 271 g/mol. The zero-order chi connectivity index (χ0) is 10.6. The van der Waals surface area contributed by atoms with Gasteiger partial charge in [0.25, 0.3) is 0 Å². The van der Waals surface area contributed by atoms with Gasteiger partial charge in [-0.2, -0.15) is 8.42 Å². The van der Waals surface area contributed by atoms with Gasteiger partial charge in [-0.15, -0.1) is 39.1 Å². The highest BCUT2D eigenvalue weighted by Gasteiger charge is 2.29. The van der Waals surface area contributed by atoms with E-state index in [4.69, 9.17) is 39.4 Å². The van der Waals surface area contributed by atoms with Crippen molar-refractivity contribution in [3.63, 3.8) is 0 Å². The molecule has 0 amide bonds. The van der Waals surface area contributed by atoms with E-state index in [0.717, 1.165) is 0 Å². The van der Waals surface area contributed by atoms with Crippen molar-refractivity contribution in [3.8, 4) is 0 Å². The minimum Gasteiger partial charge on any atom is -0.273 e. The quantitative estimate of drug-likeness (QED) is 0.470. The number of alkyl halides is 3. The number of rotatable bonds is 5. The number of hydrogen-bond donors (Lipinski definition) is 1.